The topological polar surface area (TPSA) is 67.3 Å². The van der Waals surface area contributed by atoms with Gasteiger partial charge in [0.1, 0.15) is 12.4 Å². The van der Waals surface area contributed by atoms with Crippen LogP contribution in [0, 0.1) is 0 Å². The third-order valence-electron chi connectivity index (χ3n) is 3.62. The molecular weight excluding hydrogens is 252 g/mol. The fourth-order valence-corrected chi connectivity index (χ4v) is 2.55. The molecule has 2 rings (SSSR count). The number of imidazole rings is 1. The predicted molar refractivity (Wildman–Crippen MR) is 82.5 cm³/mol. The van der Waals surface area contributed by atoms with Crippen molar-refractivity contribution in [1.82, 2.24) is 14.5 Å². The van der Waals surface area contributed by atoms with Crippen LogP contribution in [0.2, 0.25) is 0 Å². The Balaban J connectivity index is 2.23. The van der Waals surface area contributed by atoms with Gasteiger partial charge in [-0.1, -0.05) is 13.8 Å². The van der Waals surface area contributed by atoms with E-state index in [-0.39, 0.29) is 6.61 Å². The molecule has 0 fully saturated rings. The summed E-state index contributed by atoms with van der Waals surface area (Å²) in [5, 5.41) is 9.49. The number of nitrogens with zero attached hydrogens (tertiary/aromatic N) is 3. The molecule has 20 heavy (non-hydrogen) atoms. The van der Waals surface area contributed by atoms with Crippen LogP contribution in [0.3, 0.4) is 0 Å². The molecule has 0 saturated heterocycles. The summed E-state index contributed by atoms with van der Waals surface area (Å²) >= 11 is 0. The standard InChI is InChI=1S/C15H24N4O/c1-3-7-18(4-2)8-9-19-14-6-5-12(16)10-13(14)17-15(19)11-20/h5-6,10,20H,3-4,7-9,11,16H2,1-2H3. The van der Waals surface area contributed by atoms with Crippen LogP contribution in [0.25, 0.3) is 11.0 Å². The van der Waals surface area contributed by atoms with Gasteiger partial charge in [-0.3, -0.25) is 0 Å². The van der Waals surface area contributed by atoms with Crippen LogP contribution < -0.4 is 5.73 Å². The van der Waals surface area contributed by atoms with Crippen molar-refractivity contribution in [3.63, 3.8) is 0 Å². The summed E-state index contributed by atoms with van der Waals surface area (Å²) in [5.74, 6) is 0.707. The van der Waals surface area contributed by atoms with Gasteiger partial charge in [-0.15, -0.1) is 0 Å². The number of anilines is 1. The number of hydrogen-bond donors (Lipinski definition) is 2. The maximum Gasteiger partial charge on any atom is 0.135 e. The highest BCUT2D eigenvalue weighted by molar-refractivity contribution is 5.79. The van der Waals surface area contributed by atoms with Gasteiger partial charge < -0.3 is 20.3 Å². The molecule has 0 unspecified atom stereocenters. The van der Waals surface area contributed by atoms with Crippen LogP contribution in [-0.2, 0) is 13.2 Å². The van der Waals surface area contributed by atoms with Crippen molar-refractivity contribution in [2.75, 3.05) is 25.4 Å². The van der Waals surface area contributed by atoms with Gasteiger partial charge in [0.15, 0.2) is 0 Å². The number of nitrogens with two attached hydrogens (primary N) is 1. The van der Waals surface area contributed by atoms with Crippen LogP contribution in [0.4, 0.5) is 5.69 Å². The fourth-order valence-electron chi connectivity index (χ4n) is 2.55. The van der Waals surface area contributed by atoms with Crippen LogP contribution in [0.5, 0.6) is 0 Å². The van der Waals surface area contributed by atoms with E-state index in [1.165, 1.54) is 0 Å². The highest BCUT2D eigenvalue weighted by Gasteiger charge is 2.11. The van der Waals surface area contributed by atoms with Crippen LogP contribution in [0.15, 0.2) is 18.2 Å². The van der Waals surface area contributed by atoms with Crippen molar-refractivity contribution >= 4 is 16.7 Å². The largest absolute Gasteiger partial charge is 0.399 e. The maximum atomic E-state index is 9.49. The van der Waals surface area contributed by atoms with Crippen molar-refractivity contribution in [1.29, 1.82) is 0 Å². The Morgan fingerprint density at radius 1 is 1.30 bits per heavy atom. The number of benzene rings is 1. The van der Waals surface area contributed by atoms with Gasteiger partial charge in [0, 0.05) is 18.8 Å². The minimum Gasteiger partial charge on any atom is -0.399 e. The summed E-state index contributed by atoms with van der Waals surface area (Å²) in [7, 11) is 0. The minimum absolute atomic E-state index is 0.0471. The Labute approximate surface area is 120 Å². The Bertz CT molecular complexity index is 564. The molecule has 0 spiro atoms. The lowest BCUT2D eigenvalue weighted by Gasteiger charge is -2.20. The fraction of sp³-hybridized carbons (Fsp3) is 0.533. The average Bonchev–Trinajstić information content (AvgIpc) is 2.80. The van der Waals surface area contributed by atoms with Crippen LogP contribution >= 0.6 is 0 Å². The number of rotatable bonds is 7. The Morgan fingerprint density at radius 2 is 2.10 bits per heavy atom. The predicted octanol–water partition coefficient (Wildman–Crippen LogP) is 1.84. The Morgan fingerprint density at radius 3 is 2.75 bits per heavy atom. The molecule has 5 heteroatoms. The van der Waals surface area contributed by atoms with E-state index in [2.05, 4.69) is 28.3 Å². The SMILES string of the molecule is CCCN(CC)CCn1c(CO)nc2cc(N)ccc21. The summed E-state index contributed by atoms with van der Waals surface area (Å²) in [6.07, 6.45) is 1.15. The number of aromatic nitrogens is 2. The molecule has 0 bridgehead atoms. The van der Waals surface area contributed by atoms with E-state index in [1.54, 1.807) is 0 Å². The normalized spacial score (nSPS) is 11.6. The quantitative estimate of drug-likeness (QED) is 0.757. The zero-order chi connectivity index (χ0) is 14.5. The molecule has 110 valence electrons. The van der Waals surface area contributed by atoms with Crippen LogP contribution in [0.1, 0.15) is 26.1 Å². The second-order valence-electron chi connectivity index (χ2n) is 5.02. The van der Waals surface area contributed by atoms with Gasteiger partial charge in [0.2, 0.25) is 0 Å². The van der Waals surface area contributed by atoms with Crippen LogP contribution in [-0.4, -0.2) is 39.2 Å². The summed E-state index contributed by atoms with van der Waals surface area (Å²) in [4.78, 5) is 6.86. The molecule has 0 radical (unpaired) electrons. The minimum atomic E-state index is -0.0471. The summed E-state index contributed by atoms with van der Waals surface area (Å²) in [6.45, 7) is 8.27. The number of fused-ring (bicyclic) bond motifs is 1. The summed E-state index contributed by atoms with van der Waals surface area (Å²) < 4.78 is 2.09. The lowest BCUT2D eigenvalue weighted by molar-refractivity contribution is 0.252. The number of hydrogen-bond acceptors (Lipinski definition) is 4. The van der Waals surface area contributed by atoms with E-state index in [9.17, 15) is 5.11 Å². The van der Waals surface area contributed by atoms with Crippen molar-refractivity contribution in [3.05, 3.63) is 24.0 Å². The van der Waals surface area contributed by atoms with Gasteiger partial charge in [0.25, 0.3) is 0 Å². The van der Waals surface area contributed by atoms with E-state index in [0.717, 1.165) is 43.6 Å². The highest BCUT2D eigenvalue weighted by Crippen LogP contribution is 2.19. The Kier molecular flexibility index (Phi) is 4.98. The van der Waals surface area contributed by atoms with Gasteiger partial charge in [-0.25, -0.2) is 4.98 Å². The van der Waals surface area contributed by atoms with Crippen molar-refractivity contribution in [2.45, 2.75) is 33.4 Å². The smallest absolute Gasteiger partial charge is 0.135 e. The number of aliphatic hydroxyl groups is 1. The van der Waals surface area contributed by atoms with Crippen molar-refractivity contribution in [2.24, 2.45) is 0 Å². The van der Waals surface area contributed by atoms with Crippen molar-refractivity contribution in [3.8, 4) is 0 Å². The molecule has 5 nitrogen and oxygen atoms in total. The number of nitrogen functional groups attached to an aromatic ring is 1. The third-order valence-corrected chi connectivity index (χ3v) is 3.62. The molecular formula is C15H24N4O. The summed E-state index contributed by atoms with van der Waals surface area (Å²) in [6, 6.07) is 5.72. The number of aliphatic hydroxyl groups excluding tert-OH is 1. The Hall–Kier alpha value is -1.59. The van der Waals surface area contributed by atoms with Gasteiger partial charge >= 0.3 is 0 Å². The van der Waals surface area contributed by atoms with E-state index >= 15 is 0 Å². The zero-order valence-corrected chi connectivity index (χ0v) is 12.3. The van der Waals surface area contributed by atoms with E-state index in [4.69, 9.17) is 5.73 Å². The molecule has 1 aromatic heterocycles. The van der Waals surface area contributed by atoms with Gasteiger partial charge in [-0.2, -0.15) is 0 Å². The zero-order valence-electron chi connectivity index (χ0n) is 12.3. The van der Waals surface area contributed by atoms with E-state index in [1.807, 2.05) is 18.2 Å². The molecule has 0 aliphatic rings. The molecule has 0 aliphatic heterocycles. The first kappa shape index (κ1) is 14.8. The van der Waals surface area contributed by atoms with E-state index < -0.39 is 0 Å². The molecule has 1 aromatic carbocycles. The van der Waals surface area contributed by atoms with Gasteiger partial charge in [0.05, 0.1) is 11.0 Å². The second kappa shape index (κ2) is 6.72. The highest BCUT2D eigenvalue weighted by atomic mass is 16.3. The first-order chi connectivity index (χ1) is 9.69. The lowest BCUT2D eigenvalue weighted by atomic mass is 10.3. The van der Waals surface area contributed by atoms with Gasteiger partial charge in [-0.05, 0) is 37.7 Å². The van der Waals surface area contributed by atoms with E-state index in [0.29, 0.717) is 11.5 Å². The molecule has 3 N–H and O–H groups in total. The molecule has 0 atom stereocenters. The first-order valence-electron chi connectivity index (χ1n) is 7.27. The molecule has 0 amide bonds. The first-order valence-corrected chi connectivity index (χ1v) is 7.27. The molecule has 2 aromatic rings. The average molecular weight is 276 g/mol. The molecule has 0 aliphatic carbocycles. The lowest BCUT2D eigenvalue weighted by Crippen LogP contribution is -2.28. The summed E-state index contributed by atoms with van der Waals surface area (Å²) in [5.41, 5.74) is 8.38. The van der Waals surface area contributed by atoms with Crippen molar-refractivity contribution < 1.29 is 5.11 Å². The third kappa shape index (κ3) is 3.11. The monoisotopic (exact) mass is 276 g/mol. The second-order valence-corrected chi connectivity index (χ2v) is 5.02. The number of likely N-dealkylation sites (N-methyl/N-ethyl adjacent to an activating group) is 1. The molecule has 1 heterocycles. The molecule has 0 saturated carbocycles. The maximum absolute atomic E-state index is 9.49.